The monoisotopic (exact) mass is 468 g/mol. The number of ketones is 1. The van der Waals surface area contributed by atoms with Crippen LogP contribution in [0, 0.1) is 6.92 Å². The van der Waals surface area contributed by atoms with Gasteiger partial charge in [0.1, 0.15) is 11.5 Å². The lowest BCUT2D eigenvalue weighted by Crippen LogP contribution is -2.30. The van der Waals surface area contributed by atoms with Gasteiger partial charge in [0.15, 0.2) is 0 Å². The molecule has 0 radical (unpaired) electrons. The molecule has 32 heavy (non-hydrogen) atoms. The molecule has 4 rings (SSSR count). The van der Waals surface area contributed by atoms with Gasteiger partial charge in [-0.25, -0.2) is 0 Å². The highest BCUT2D eigenvalue weighted by atomic mass is 35.5. The first-order valence-electron chi connectivity index (χ1n) is 9.64. The van der Waals surface area contributed by atoms with Crippen LogP contribution in [0.25, 0.3) is 5.76 Å². The van der Waals surface area contributed by atoms with Crippen LogP contribution >= 0.6 is 23.2 Å². The molecule has 1 aromatic heterocycles. The number of carbonyl (C=O) groups excluding carboxylic acids is 2. The number of aliphatic hydroxyl groups is 1. The number of hydrogen-bond donors (Lipinski definition) is 1. The summed E-state index contributed by atoms with van der Waals surface area (Å²) in [5, 5.41) is 12.0. The lowest BCUT2D eigenvalue weighted by atomic mass is 9.95. The molecule has 1 N–H and O–H groups in total. The summed E-state index contributed by atoms with van der Waals surface area (Å²) in [6.45, 7) is 1.82. The third-order valence-electron chi connectivity index (χ3n) is 5.32. The van der Waals surface area contributed by atoms with Crippen LogP contribution in [0.2, 0.25) is 10.0 Å². The number of Topliss-reactive ketones (excluding diaryl/α,β-unsaturated/α-hetero) is 1. The molecule has 1 amide bonds. The van der Waals surface area contributed by atoms with Crippen LogP contribution in [0.15, 0.2) is 66.5 Å². The first-order valence-corrected chi connectivity index (χ1v) is 10.4. The van der Waals surface area contributed by atoms with Gasteiger partial charge in [0.25, 0.3) is 11.7 Å². The third kappa shape index (κ3) is 3.72. The Hall–Kier alpha value is -3.35. The van der Waals surface area contributed by atoms with E-state index in [-0.39, 0.29) is 11.3 Å². The SMILES string of the molecule is COc1cc(/C(O)=C2\C(=O)C(=O)N(c3cc(Cl)ccc3C)C2c2ccncc2)ccc1Cl. The van der Waals surface area contributed by atoms with Crippen molar-refractivity contribution >= 4 is 46.3 Å². The molecular weight excluding hydrogens is 451 g/mol. The van der Waals surface area contributed by atoms with Gasteiger partial charge >= 0.3 is 0 Å². The molecule has 0 aliphatic carbocycles. The van der Waals surface area contributed by atoms with Crippen LogP contribution in [-0.4, -0.2) is 28.9 Å². The molecule has 1 unspecified atom stereocenters. The van der Waals surface area contributed by atoms with Gasteiger partial charge in [0.05, 0.1) is 23.7 Å². The Kier molecular flexibility index (Phi) is 5.91. The van der Waals surface area contributed by atoms with Crippen LogP contribution in [0.4, 0.5) is 5.69 Å². The molecular formula is C24H18Cl2N2O4. The number of benzene rings is 2. The number of rotatable bonds is 4. The van der Waals surface area contributed by atoms with Gasteiger partial charge in [0, 0.05) is 28.7 Å². The summed E-state index contributed by atoms with van der Waals surface area (Å²) >= 11 is 12.3. The zero-order valence-electron chi connectivity index (χ0n) is 17.2. The molecule has 1 aliphatic rings. The highest BCUT2D eigenvalue weighted by molar-refractivity contribution is 6.52. The minimum Gasteiger partial charge on any atom is -0.507 e. The van der Waals surface area contributed by atoms with Crippen molar-refractivity contribution in [3.05, 3.63) is 93.2 Å². The Bertz CT molecular complexity index is 1260. The van der Waals surface area contributed by atoms with Crippen molar-refractivity contribution in [1.82, 2.24) is 4.98 Å². The van der Waals surface area contributed by atoms with Gasteiger partial charge in [-0.15, -0.1) is 0 Å². The lowest BCUT2D eigenvalue weighted by Gasteiger charge is -2.27. The maximum absolute atomic E-state index is 13.2. The maximum atomic E-state index is 13.2. The molecule has 162 valence electrons. The second-order valence-electron chi connectivity index (χ2n) is 7.23. The minimum atomic E-state index is -0.878. The third-order valence-corrected chi connectivity index (χ3v) is 5.87. The van der Waals surface area contributed by atoms with Gasteiger partial charge in [-0.1, -0.05) is 29.3 Å². The summed E-state index contributed by atoms with van der Waals surface area (Å²) < 4.78 is 5.23. The van der Waals surface area contributed by atoms with Crippen molar-refractivity contribution in [3.63, 3.8) is 0 Å². The van der Waals surface area contributed by atoms with Crippen LogP contribution in [0.3, 0.4) is 0 Å². The molecule has 1 aliphatic heterocycles. The molecule has 1 fully saturated rings. The molecule has 6 nitrogen and oxygen atoms in total. The summed E-state index contributed by atoms with van der Waals surface area (Å²) in [5.41, 5.74) is 2.09. The Morgan fingerprint density at radius 3 is 2.47 bits per heavy atom. The molecule has 3 aromatic rings. The van der Waals surface area contributed by atoms with E-state index in [0.29, 0.717) is 32.6 Å². The topological polar surface area (TPSA) is 79.7 Å². The average molecular weight is 469 g/mol. The highest BCUT2D eigenvalue weighted by Crippen LogP contribution is 2.44. The van der Waals surface area contributed by atoms with E-state index in [1.165, 1.54) is 18.1 Å². The van der Waals surface area contributed by atoms with Crippen LogP contribution in [0.1, 0.15) is 22.7 Å². The second kappa shape index (κ2) is 8.65. The number of amides is 1. The number of pyridine rings is 1. The number of nitrogens with zero attached hydrogens (tertiary/aromatic N) is 2. The van der Waals surface area contributed by atoms with E-state index < -0.39 is 17.7 Å². The van der Waals surface area contributed by atoms with Crippen molar-refractivity contribution < 1.29 is 19.4 Å². The molecule has 1 saturated heterocycles. The molecule has 0 bridgehead atoms. The number of aromatic nitrogens is 1. The summed E-state index contributed by atoms with van der Waals surface area (Å²) in [7, 11) is 1.45. The fourth-order valence-corrected chi connectivity index (χ4v) is 4.11. The van der Waals surface area contributed by atoms with Crippen molar-refractivity contribution in [2.24, 2.45) is 0 Å². The average Bonchev–Trinajstić information content (AvgIpc) is 3.06. The van der Waals surface area contributed by atoms with Crippen molar-refractivity contribution in [2.45, 2.75) is 13.0 Å². The Balaban J connectivity index is 1.97. The minimum absolute atomic E-state index is 0.0510. The van der Waals surface area contributed by atoms with Crippen molar-refractivity contribution in [1.29, 1.82) is 0 Å². The van der Waals surface area contributed by atoms with Crippen LogP contribution < -0.4 is 9.64 Å². The first kappa shape index (κ1) is 21.9. The van der Waals surface area contributed by atoms with Gasteiger partial charge < -0.3 is 9.84 Å². The number of carbonyl (C=O) groups is 2. The summed E-state index contributed by atoms with van der Waals surface area (Å²) in [6.07, 6.45) is 3.12. The molecule has 2 aromatic carbocycles. The van der Waals surface area contributed by atoms with Gasteiger partial charge in [-0.3, -0.25) is 19.5 Å². The quantitative estimate of drug-likeness (QED) is 0.317. The molecule has 0 spiro atoms. The fraction of sp³-hybridized carbons (Fsp3) is 0.125. The highest BCUT2D eigenvalue weighted by Gasteiger charge is 2.47. The van der Waals surface area contributed by atoms with E-state index in [2.05, 4.69) is 4.98 Å². The number of halogens is 2. The molecule has 2 heterocycles. The zero-order valence-corrected chi connectivity index (χ0v) is 18.7. The predicted molar refractivity (Wildman–Crippen MR) is 123 cm³/mol. The number of ether oxygens (including phenoxy) is 1. The van der Waals surface area contributed by atoms with E-state index in [4.69, 9.17) is 27.9 Å². The number of anilines is 1. The lowest BCUT2D eigenvalue weighted by molar-refractivity contribution is -0.132. The van der Waals surface area contributed by atoms with E-state index >= 15 is 0 Å². The molecule has 0 saturated carbocycles. The van der Waals surface area contributed by atoms with E-state index in [0.717, 1.165) is 5.56 Å². The number of aryl methyl sites for hydroxylation is 1. The second-order valence-corrected chi connectivity index (χ2v) is 8.07. The van der Waals surface area contributed by atoms with Crippen LogP contribution in [-0.2, 0) is 9.59 Å². The zero-order chi connectivity index (χ0) is 23.0. The van der Waals surface area contributed by atoms with Gasteiger partial charge in [-0.05, 0) is 60.5 Å². The Morgan fingerprint density at radius 2 is 1.78 bits per heavy atom. The largest absolute Gasteiger partial charge is 0.507 e. The van der Waals surface area contributed by atoms with E-state index in [9.17, 15) is 14.7 Å². The summed E-state index contributed by atoms with van der Waals surface area (Å²) in [4.78, 5) is 31.8. The Morgan fingerprint density at radius 1 is 1.06 bits per heavy atom. The number of hydrogen-bond acceptors (Lipinski definition) is 5. The fourth-order valence-electron chi connectivity index (χ4n) is 3.75. The predicted octanol–water partition coefficient (Wildman–Crippen LogP) is 5.33. The first-order chi connectivity index (χ1) is 15.3. The standard InChI is InChI=1S/C24H18Cl2N2O4/c1-13-3-5-16(25)12-18(13)28-21(14-7-9-27-10-8-14)20(23(30)24(28)31)22(29)15-4-6-17(26)19(11-15)32-2/h3-12,21,29H,1-2H3/b22-20+. The summed E-state index contributed by atoms with van der Waals surface area (Å²) in [6, 6.07) is 12.2. The summed E-state index contributed by atoms with van der Waals surface area (Å²) in [5.74, 6) is -1.57. The maximum Gasteiger partial charge on any atom is 0.300 e. The van der Waals surface area contributed by atoms with E-state index in [1.54, 1.807) is 54.9 Å². The van der Waals surface area contributed by atoms with Crippen molar-refractivity contribution in [3.8, 4) is 5.75 Å². The number of methoxy groups -OCH3 is 1. The van der Waals surface area contributed by atoms with Gasteiger partial charge in [0.2, 0.25) is 0 Å². The smallest absolute Gasteiger partial charge is 0.300 e. The number of aliphatic hydroxyl groups excluding tert-OH is 1. The van der Waals surface area contributed by atoms with Crippen LogP contribution in [0.5, 0.6) is 5.75 Å². The van der Waals surface area contributed by atoms with E-state index in [1.807, 2.05) is 6.92 Å². The normalized spacial score (nSPS) is 17.6. The Labute approximate surface area is 194 Å². The molecule has 1 atom stereocenters. The molecule has 8 heteroatoms. The van der Waals surface area contributed by atoms with Gasteiger partial charge in [-0.2, -0.15) is 0 Å². The van der Waals surface area contributed by atoms with Crippen molar-refractivity contribution in [2.75, 3.05) is 12.0 Å².